The molecule has 0 bridgehead atoms. The zero-order chi connectivity index (χ0) is 25.6. The van der Waals surface area contributed by atoms with E-state index in [-0.39, 0.29) is 28.4 Å². The lowest BCUT2D eigenvalue weighted by molar-refractivity contribution is -0.384. The normalized spacial score (nSPS) is 12.7. The molecule has 0 N–H and O–H groups in total. The van der Waals surface area contributed by atoms with Crippen molar-refractivity contribution < 1.29 is 19.3 Å². The summed E-state index contributed by atoms with van der Waals surface area (Å²) in [6.07, 6.45) is 1.54. The average molecular weight is 501 g/mol. The van der Waals surface area contributed by atoms with Gasteiger partial charge in [-0.15, -0.1) is 0 Å². The number of hydrogen-bond acceptors (Lipinski definition) is 6. The number of nitrogens with zero attached hydrogens (tertiary/aromatic N) is 4. The number of aryl methyl sites for hydroxylation is 1. The van der Waals surface area contributed by atoms with Crippen molar-refractivity contribution in [2.75, 3.05) is 0 Å². The molecule has 2 heterocycles. The lowest BCUT2D eigenvalue weighted by atomic mass is 10.0. The molecule has 0 fully saturated rings. The van der Waals surface area contributed by atoms with Crippen molar-refractivity contribution in [3.63, 3.8) is 0 Å². The van der Waals surface area contributed by atoms with Crippen molar-refractivity contribution in [3.05, 3.63) is 122 Å². The molecule has 0 radical (unpaired) electrons. The number of imidazole rings is 1. The minimum atomic E-state index is -0.590. The Balaban J connectivity index is 1.61. The summed E-state index contributed by atoms with van der Waals surface area (Å²) in [6, 6.07) is 16.9. The van der Waals surface area contributed by atoms with Gasteiger partial charge in [-0.2, -0.15) is 0 Å². The molecule has 5 rings (SSSR count). The molecule has 9 nitrogen and oxygen atoms in total. The van der Waals surface area contributed by atoms with Gasteiger partial charge < -0.3 is 0 Å². The largest absolute Gasteiger partial charge is 0.299 e. The number of carbonyl (C=O) groups excluding carboxylic acids is 3. The summed E-state index contributed by atoms with van der Waals surface area (Å²) in [5.41, 5.74) is 1.47. The highest BCUT2D eigenvalue weighted by Crippen LogP contribution is 2.30. The molecule has 0 saturated carbocycles. The average Bonchev–Trinajstić information content (AvgIpc) is 3.36. The Kier molecular flexibility index (Phi) is 5.69. The summed E-state index contributed by atoms with van der Waals surface area (Å²) in [4.78, 5) is 55.7. The van der Waals surface area contributed by atoms with E-state index in [9.17, 15) is 24.5 Å². The summed E-state index contributed by atoms with van der Waals surface area (Å²) in [7, 11) is 0. The standard InChI is InChI=1S/C26H17ClN4O5/c1-15-13-28-23(14-29-25(33)17-6-2-3-7-18(17)26(29)34)30(15)22-11-10-16(31(35)36)12-20(22)24(32)19-8-4-5-9-21(19)27/h2-13H,14H2,1H3. The number of ketones is 1. The first-order valence-corrected chi connectivity index (χ1v) is 11.2. The van der Waals surface area contributed by atoms with Gasteiger partial charge in [0.05, 0.1) is 38.9 Å². The van der Waals surface area contributed by atoms with Crippen LogP contribution < -0.4 is 0 Å². The molecule has 36 heavy (non-hydrogen) atoms. The first kappa shape index (κ1) is 23.1. The second kappa shape index (κ2) is 8.86. The molecular weight excluding hydrogens is 484 g/mol. The topological polar surface area (TPSA) is 115 Å². The maximum absolute atomic E-state index is 13.5. The van der Waals surface area contributed by atoms with E-state index in [4.69, 9.17) is 11.6 Å². The zero-order valence-electron chi connectivity index (χ0n) is 18.8. The third-order valence-corrected chi connectivity index (χ3v) is 6.31. The number of non-ortho nitro benzene ring substituents is 1. The number of nitro groups is 1. The van der Waals surface area contributed by atoms with E-state index in [2.05, 4.69) is 4.98 Å². The Morgan fingerprint density at radius 3 is 2.25 bits per heavy atom. The third kappa shape index (κ3) is 3.75. The maximum Gasteiger partial charge on any atom is 0.270 e. The van der Waals surface area contributed by atoms with Gasteiger partial charge in [-0.1, -0.05) is 35.9 Å². The van der Waals surface area contributed by atoms with Crippen LogP contribution in [0.15, 0.2) is 72.9 Å². The molecule has 178 valence electrons. The fraction of sp³-hybridized carbons (Fsp3) is 0.0769. The van der Waals surface area contributed by atoms with Gasteiger partial charge in [0.15, 0.2) is 5.78 Å². The Morgan fingerprint density at radius 1 is 0.972 bits per heavy atom. The fourth-order valence-electron chi connectivity index (χ4n) is 4.26. The monoisotopic (exact) mass is 500 g/mol. The van der Waals surface area contributed by atoms with Gasteiger partial charge in [0.2, 0.25) is 0 Å². The molecule has 0 aliphatic carbocycles. The van der Waals surface area contributed by atoms with Gasteiger partial charge in [-0.05, 0) is 37.3 Å². The first-order chi connectivity index (χ1) is 17.3. The van der Waals surface area contributed by atoms with Crippen LogP contribution in [0.25, 0.3) is 5.69 Å². The molecule has 3 aromatic carbocycles. The summed E-state index contributed by atoms with van der Waals surface area (Å²) in [5.74, 6) is -1.10. The van der Waals surface area contributed by atoms with Crippen LogP contribution in [-0.2, 0) is 6.54 Å². The molecular formula is C26H17ClN4O5. The number of hydrogen-bond donors (Lipinski definition) is 0. The minimum absolute atomic E-state index is 0.0296. The number of benzene rings is 3. The predicted octanol–water partition coefficient (Wildman–Crippen LogP) is 4.77. The van der Waals surface area contributed by atoms with Crippen molar-refractivity contribution in [1.29, 1.82) is 0 Å². The molecule has 2 amide bonds. The molecule has 10 heteroatoms. The van der Waals surface area contributed by atoms with Crippen LogP contribution in [0.1, 0.15) is 48.2 Å². The van der Waals surface area contributed by atoms with Crippen molar-refractivity contribution >= 4 is 34.9 Å². The predicted molar refractivity (Wildman–Crippen MR) is 130 cm³/mol. The Hall–Kier alpha value is -4.63. The van der Waals surface area contributed by atoms with Gasteiger partial charge in [-0.25, -0.2) is 4.98 Å². The second-order valence-electron chi connectivity index (χ2n) is 8.16. The summed E-state index contributed by atoms with van der Waals surface area (Å²) in [6.45, 7) is 1.58. The van der Waals surface area contributed by atoms with Crippen LogP contribution in [-0.4, -0.2) is 37.0 Å². The number of nitro benzene ring substituents is 1. The minimum Gasteiger partial charge on any atom is -0.299 e. The number of imide groups is 1. The first-order valence-electron chi connectivity index (χ1n) is 10.8. The number of rotatable bonds is 6. The van der Waals surface area contributed by atoms with Crippen LogP contribution in [0.3, 0.4) is 0 Å². The Bertz CT molecular complexity index is 1560. The van der Waals surface area contributed by atoms with Crippen molar-refractivity contribution in [2.24, 2.45) is 0 Å². The summed E-state index contributed by atoms with van der Waals surface area (Å²) < 4.78 is 1.61. The van der Waals surface area contributed by atoms with Gasteiger partial charge in [0, 0.05) is 29.6 Å². The highest BCUT2D eigenvalue weighted by Gasteiger charge is 2.36. The molecule has 4 aromatic rings. The van der Waals surface area contributed by atoms with E-state index < -0.39 is 22.5 Å². The highest BCUT2D eigenvalue weighted by atomic mass is 35.5. The van der Waals surface area contributed by atoms with E-state index in [1.165, 1.54) is 24.3 Å². The molecule has 1 aliphatic rings. The van der Waals surface area contributed by atoms with E-state index in [0.717, 1.165) is 4.90 Å². The van der Waals surface area contributed by atoms with Crippen LogP contribution in [0.5, 0.6) is 0 Å². The smallest absolute Gasteiger partial charge is 0.270 e. The van der Waals surface area contributed by atoms with E-state index in [1.54, 1.807) is 60.2 Å². The number of aromatic nitrogens is 2. The Labute approximate surface area is 209 Å². The maximum atomic E-state index is 13.5. The van der Waals surface area contributed by atoms with Crippen LogP contribution >= 0.6 is 11.6 Å². The number of amides is 2. The Morgan fingerprint density at radius 2 is 1.61 bits per heavy atom. The SMILES string of the molecule is Cc1cnc(CN2C(=O)c3ccccc3C2=O)n1-c1ccc([N+](=O)[O-])cc1C(=O)c1ccccc1Cl. The summed E-state index contributed by atoms with van der Waals surface area (Å²) in [5, 5.41) is 11.7. The summed E-state index contributed by atoms with van der Waals surface area (Å²) >= 11 is 6.25. The van der Waals surface area contributed by atoms with E-state index in [1.807, 2.05) is 0 Å². The van der Waals surface area contributed by atoms with Crippen molar-refractivity contribution in [1.82, 2.24) is 14.5 Å². The van der Waals surface area contributed by atoms with Gasteiger partial charge >= 0.3 is 0 Å². The number of halogens is 1. The quantitative estimate of drug-likeness (QED) is 0.163. The third-order valence-electron chi connectivity index (χ3n) is 5.98. The molecule has 0 saturated heterocycles. The molecule has 1 aliphatic heterocycles. The van der Waals surface area contributed by atoms with Crippen LogP contribution in [0.4, 0.5) is 5.69 Å². The zero-order valence-corrected chi connectivity index (χ0v) is 19.6. The van der Waals surface area contributed by atoms with Gasteiger partial charge in [-0.3, -0.25) is 34.0 Å². The molecule has 0 unspecified atom stereocenters. The lowest BCUT2D eigenvalue weighted by Gasteiger charge is -2.18. The lowest BCUT2D eigenvalue weighted by Crippen LogP contribution is -2.30. The van der Waals surface area contributed by atoms with E-state index >= 15 is 0 Å². The van der Waals surface area contributed by atoms with Gasteiger partial charge in [0.25, 0.3) is 17.5 Å². The van der Waals surface area contributed by atoms with Gasteiger partial charge in [0.1, 0.15) is 5.82 Å². The molecule has 0 spiro atoms. The fourth-order valence-corrected chi connectivity index (χ4v) is 4.48. The highest BCUT2D eigenvalue weighted by molar-refractivity contribution is 6.35. The van der Waals surface area contributed by atoms with Crippen LogP contribution in [0, 0.1) is 17.0 Å². The van der Waals surface area contributed by atoms with E-state index in [0.29, 0.717) is 28.3 Å². The molecule has 0 atom stereocenters. The molecule has 1 aromatic heterocycles. The number of carbonyl (C=O) groups is 3. The second-order valence-corrected chi connectivity index (χ2v) is 8.57. The van der Waals surface area contributed by atoms with Crippen molar-refractivity contribution in [3.8, 4) is 5.69 Å². The number of fused-ring (bicyclic) bond motifs is 1. The van der Waals surface area contributed by atoms with Crippen molar-refractivity contribution in [2.45, 2.75) is 13.5 Å². The van der Waals surface area contributed by atoms with Crippen LogP contribution in [0.2, 0.25) is 5.02 Å².